The maximum Gasteiger partial charge on any atom is 0.407 e. The smallest absolute Gasteiger partial charge is 0.407 e. The number of alkyl carbamates (subject to hydrolysis) is 1. The third-order valence-electron chi connectivity index (χ3n) is 7.84. The van der Waals surface area contributed by atoms with Crippen LogP contribution in [-0.4, -0.2) is 39.1 Å². The second kappa shape index (κ2) is 11.5. The molecule has 1 aliphatic carbocycles. The van der Waals surface area contributed by atoms with Crippen molar-refractivity contribution in [3.8, 4) is 0 Å². The topological polar surface area (TPSA) is 95.4 Å². The first-order valence-corrected chi connectivity index (χ1v) is 14.1. The molecule has 40 heavy (non-hydrogen) atoms. The highest BCUT2D eigenvalue weighted by Crippen LogP contribution is 2.34. The summed E-state index contributed by atoms with van der Waals surface area (Å²) in [4.78, 5) is 38.8. The van der Waals surface area contributed by atoms with E-state index in [0.717, 1.165) is 40.8 Å². The number of aryl methyl sites for hydroxylation is 1. The number of rotatable bonds is 8. The number of carbonyl (C=O) groups is 3. The van der Waals surface area contributed by atoms with Crippen LogP contribution in [0.25, 0.3) is 10.9 Å². The van der Waals surface area contributed by atoms with Crippen molar-refractivity contribution in [1.29, 1.82) is 0 Å². The molecule has 0 spiro atoms. The minimum atomic E-state index is -0.618. The Morgan fingerprint density at radius 1 is 1.18 bits per heavy atom. The lowest BCUT2D eigenvalue weighted by Gasteiger charge is -2.24. The zero-order valence-corrected chi connectivity index (χ0v) is 25.0. The van der Waals surface area contributed by atoms with Gasteiger partial charge in [0.15, 0.2) is 5.78 Å². The maximum absolute atomic E-state index is 13.6. The lowest BCUT2D eigenvalue weighted by Crippen LogP contribution is -2.45. The standard InChI is InChI=1S/C31H42N4O5/c1-19(2)24(17-32-30(38)40-31(5,6)7)29(37)39-21(4)35-16-15-34(20(35)3)18-22-13-14-26-27(28(22)36)23-11-9-10-12-25(23)33(26)8/h9-12,15-16,19,21-22,24H,13-14,17-18H2,1-8H3/p+1. The number of nitrogens with one attached hydrogen (secondary N) is 1. The van der Waals surface area contributed by atoms with Crippen molar-refractivity contribution < 1.29 is 28.4 Å². The fourth-order valence-electron chi connectivity index (χ4n) is 5.58. The first-order valence-electron chi connectivity index (χ1n) is 14.1. The van der Waals surface area contributed by atoms with Crippen molar-refractivity contribution >= 4 is 28.7 Å². The van der Waals surface area contributed by atoms with Gasteiger partial charge < -0.3 is 19.4 Å². The number of carbonyl (C=O) groups excluding carboxylic acids is 3. The van der Waals surface area contributed by atoms with E-state index in [9.17, 15) is 14.4 Å². The Morgan fingerprint density at radius 2 is 1.88 bits per heavy atom. The molecule has 216 valence electrons. The molecule has 3 atom stereocenters. The second-order valence-corrected chi connectivity index (χ2v) is 12.2. The van der Waals surface area contributed by atoms with Crippen LogP contribution in [0.2, 0.25) is 0 Å². The molecule has 2 aromatic heterocycles. The van der Waals surface area contributed by atoms with Crippen LogP contribution in [0.15, 0.2) is 36.7 Å². The number of imidazole rings is 1. The van der Waals surface area contributed by atoms with Gasteiger partial charge in [-0.05, 0) is 45.6 Å². The van der Waals surface area contributed by atoms with E-state index in [1.54, 1.807) is 20.8 Å². The fraction of sp³-hybridized carbons (Fsp3) is 0.548. The first-order chi connectivity index (χ1) is 18.8. The number of nitrogens with zero attached hydrogens (tertiary/aromatic N) is 3. The van der Waals surface area contributed by atoms with E-state index in [0.29, 0.717) is 6.54 Å². The van der Waals surface area contributed by atoms with Crippen LogP contribution in [0.4, 0.5) is 4.79 Å². The number of amides is 1. The second-order valence-electron chi connectivity index (χ2n) is 12.2. The van der Waals surface area contributed by atoms with Gasteiger partial charge in [0.05, 0.1) is 11.8 Å². The van der Waals surface area contributed by atoms with Crippen LogP contribution in [0, 0.1) is 24.7 Å². The molecule has 0 radical (unpaired) electrons. The SMILES string of the molecule is Cc1n(CC2CCc3c(c4ccccc4n3C)C2=O)cc[n+]1C(C)OC(=O)C(CNC(=O)OC(C)(C)C)C(C)C. The largest absolute Gasteiger partial charge is 0.444 e. The number of benzene rings is 1. The summed E-state index contributed by atoms with van der Waals surface area (Å²) in [5.74, 6) is 0.0117. The minimum absolute atomic E-state index is 0.0402. The number of hydrogen-bond acceptors (Lipinski definition) is 5. The van der Waals surface area contributed by atoms with Gasteiger partial charge in [0.1, 0.15) is 24.5 Å². The Kier molecular flexibility index (Phi) is 8.42. The fourth-order valence-corrected chi connectivity index (χ4v) is 5.58. The van der Waals surface area contributed by atoms with Gasteiger partial charge in [-0.1, -0.05) is 32.0 Å². The predicted molar refractivity (Wildman–Crippen MR) is 152 cm³/mol. The summed E-state index contributed by atoms with van der Waals surface area (Å²) >= 11 is 0. The number of esters is 1. The minimum Gasteiger partial charge on any atom is -0.444 e. The Bertz CT molecular complexity index is 1410. The Morgan fingerprint density at radius 3 is 2.55 bits per heavy atom. The Hall–Kier alpha value is -3.62. The molecule has 0 aliphatic heterocycles. The Balaban J connectivity index is 1.42. The summed E-state index contributed by atoms with van der Waals surface area (Å²) in [5.41, 5.74) is 2.44. The molecular formula is C31H43N4O5+. The molecule has 1 N–H and O–H groups in total. The van der Waals surface area contributed by atoms with E-state index < -0.39 is 23.8 Å². The number of fused-ring (bicyclic) bond motifs is 3. The van der Waals surface area contributed by atoms with Crippen LogP contribution in [0.1, 0.15) is 76.1 Å². The maximum atomic E-state index is 13.6. The molecule has 1 aromatic carbocycles. The van der Waals surface area contributed by atoms with E-state index in [1.807, 2.05) is 69.9 Å². The van der Waals surface area contributed by atoms with Gasteiger partial charge in [-0.25, -0.2) is 9.36 Å². The summed E-state index contributed by atoms with van der Waals surface area (Å²) in [6.45, 7) is 13.7. The van der Waals surface area contributed by atoms with Gasteiger partial charge in [-0.15, -0.1) is 0 Å². The summed E-state index contributed by atoms with van der Waals surface area (Å²) in [5, 5.41) is 3.72. The molecule has 0 saturated carbocycles. The third-order valence-corrected chi connectivity index (χ3v) is 7.84. The van der Waals surface area contributed by atoms with Gasteiger partial charge in [0.25, 0.3) is 5.82 Å². The molecule has 9 nitrogen and oxygen atoms in total. The quantitative estimate of drug-likeness (QED) is 0.318. The number of para-hydroxylation sites is 1. The van der Waals surface area contributed by atoms with E-state index in [-0.39, 0.29) is 30.1 Å². The summed E-state index contributed by atoms with van der Waals surface area (Å²) in [6.07, 6.45) is 4.36. The average molecular weight is 552 g/mol. The van der Waals surface area contributed by atoms with Crippen LogP contribution in [-0.2, 0) is 34.3 Å². The normalized spacial score (nSPS) is 17.0. The van der Waals surface area contributed by atoms with Crippen molar-refractivity contribution in [1.82, 2.24) is 14.5 Å². The van der Waals surface area contributed by atoms with Crippen molar-refractivity contribution in [3.63, 3.8) is 0 Å². The number of aromatic nitrogens is 3. The van der Waals surface area contributed by atoms with Crippen molar-refractivity contribution in [2.45, 2.75) is 79.7 Å². The first kappa shape index (κ1) is 29.4. The van der Waals surface area contributed by atoms with Crippen LogP contribution in [0.5, 0.6) is 0 Å². The van der Waals surface area contributed by atoms with E-state index in [4.69, 9.17) is 9.47 Å². The molecule has 0 saturated heterocycles. The Labute approximate surface area is 236 Å². The highest BCUT2D eigenvalue weighted by atomic mass is 16.6. The zero-order valence-electron chi connectivity index (χ0n) is 25.0. The molecule has 3 aromatic rings. The molecule has 4 rings (SSSR count). The molecule has 2 heterocycles. The number of ether oxygens (including phenoxy) is 2. The van der Waals surface area contributed by atoms with Gasteiger partial charge in [-0.3, -0.25) is 9.59 Å². The van der Waals surface area contributed by atoms with Crippen LogP contribution < -0.4 is 9.88 Å². The van der Waals surface area contributed by atoms with E-state index in [2.05, 4.69) is 20.5 Å². The van der Waals surface area contributed by atoms with Gasteiger partial charge in [0.2, 0.25) is 6.23 Å². The number of hydrogen-bond donors (Lipinski definition) is 1. The van der Waals surface area contributed by atoms with Gasteiger partial charge in [-0.2, -0.15) is 4.57 Å². The summed E-state index contributed by atoms with van der Waals surface area (Å²) in [6, 6.07) is 8.09. The van der Waals surface area contributed by atoms with Crippen LogP contribution >= 0.6 is 0 Å². The number of ketones is 1. The van der Waals surface area contributed by atoms with Gasteiger partial charge >= 0.3 is 12.1 Å². The lowest BCUT2D eigenvalue weighted by molar-refractivity contribution is -0.758. The molecule has 1 aliphatic rings. The summed E-state index contributed by atoms with van der Waals surface area (Å²) < 4.78 is 17.2. The van der Waals surface area contributed by atoms with E-state index >= 15 is 0 Å². The monoisotopic (exact) mass is 551 g/mol. The van der Waals surface area contributed by atoms with Crippen molar-refractivity contribution in [2.75, 3.05) is 6.54 Å². The molecule has 3 unspecified atom stereocenters. The zero-order chi connectivity index (χ0) is 29.4. The molecular weight excluding hydrogens is 508 g/mol. The summed E-state index contributed by atoms with van der Waals surface area (Å²) in [7, 11) is 2.04. The molecule has 9 heteroatoms. The van der Waals surface area contributed by atoms with Crippen molar-refractivity contribution in [3.05, 3.63) is 53.7 Å². The van der Waals surface area contributed by atoms with Gasteiger partial charge in [0, 0.05) is 49.6 Å². The third kappa shape index (κ3) is 6.08. The predicted octanol–water partition coefficient (Wildman–Crippen LogP) is 4.88. The molecule has 0 fully saturated rings. The molecule has 0 bridgehead atoms. The molecule has 1 amide bonds. The highest BCUT2D eigenvalue weighted by molar-refractivity contribution is 6.11. The number of Topliss-reactive ketones (excluding diaryl/α,β-unsaturated/α-hetero) is 1. The lowest BCUT2D eigenvalue weighted by atomic mass is 9.85. The highest BCUT2D eigenvalue weighted by Gasteiger charge is 2.35. The van der Waals surface area contributed by atoms with Crippen LogP contribution in [0.3, 0.4) is 0 Å². The van der Waals surface area contributed by atoms with Crippen molar-refractivity contribution in [2.24, 2.45) is 24.8 Å². The van der Waals surface area contributed by atoms with E-state index in [1.165, 1.54) is 0 Å². The average Bonchev–Trinajstić information content (AvgIpc) is 3.37.